The van der Waals surface area contributed by atoms with Gasteiger partial charge >= 0.3 is 0 Å². The van der Waals surface area contributed by atoms with E-state index in [0.717, 1.165) is 31.9 Å². The van der Waals surface area contributed by atoms with Crippen LogP contribution in [-0.4, -0.2) is 38.1 Å². The van der Waals surface area contributed by atoms with Crippen LogP contribution < -0.4 is 4.90 Å². The number of hydrogen-bond acceptors (Lipinski definition) is 4. The first kappa shape index (κ1) is 12.6. The summed E-state index contributed by atoms with van der Waals surface area (Å²) in [6.45, 7) is 3.70. The maximum atomic E-state index is 10.5. The van der Waals surface area contributed by atoms with Crippen molar-refractivity contribution in [2.45, 2.75) is 0 Å². The van der Waals surface area contributed by atoms with E-state index in [1.165, 1.54) is 0 Å². The third kappa shape index (κ3) is 2.70. The smallest absolute Gasteiger partial charge is 0.111 e. The van der Waals surface area contributed by atoms with Crippen molar-refractivity contribution in [3.05, 3.63) is 27.1 Å². The summed E-state index contributed by atoms with van der Waals surface area (Å²) >= 11 is 12.3. The van der Waals surface area contributed by atoms with E-state index in [2.05, 4.69) is 22.0 Å². The van der Waals surface area contributed by atoms with E-state index in [4.69, 9.17) is 23.2 Å². The number of hydrogen-bond donors (Lipinski definition) is 0. The predicted octanol–water partition coefficient (Wildman–Crippen LogP) is 3.14. The maximum Gasteiger partial charge on any atom is 0.111 e. The number of nitroso groups, excluding NO2 is 1. The number of nitrogens with zero attached hydrogens (tertiary/aromatic N) is 3. The van der Waals surface area contributed by atoms with Crippen LogP contribution in [0.2, 0.25) is 10.0 Å². The van der Waals surface area contributed by atoms with Crippen LogP contribution in [-0.2, 0) is 0 Å². The third-order valence-corrected chi connectivity index (χ3v) is 3.50. The Balaban J connectivity index is 2.29. The van der Waals surface area contributed by atoms with Crippen LogP contribution in [0.4, 0.5) is 11.4 Å². The molecule has 0 atom stereocenters. The first-order valence-electron chi connectivity index (χ1n) is 5.37. The van der Waals surface area contributed by atoms with E-state index in [1.807, 2.05) is 0 Å². The first-order valence-corrected chi connectivity index (χ1v) is 6.13. The van der Waals surface area contributed by atoms with Gasteiger partial charge in [-0.3, -0.25) is 0 Å². The SMILES string of the molecule is CN1CCN(c2c(Cl)cc(N=O)cc2Cl)CC1. The number of likely N-dealkylation sites (N-methyl/N-ethyl adjacent to an activating group) is 1. The van der Waals surface area contributed by atoms with E-state index >= 15 is 0 Å². The van der Waals surface area contributed by atoms with E-state index in [9.17, 15) is 4.91 Å². The van der Waals surface area contributed by atoms with Gasteiger partial charge in [0.25, 0.3) is 0 Å². The van der Waals surface area contributed by atoms with Gasteiger partial charge in [0, 0.05) is 26.2 Å². The van der Waals surface area contributed by atoms with Gasteiger partial charge in [-0.25, -0.2) is 0 Å². The zero-order valence-corrected chi connectivity index (χ0v) is 11.0. The molecule has 0 aromatic heterocycles. The van der Waals surface area contributed by atoms with Crippen LogP contribution in [0.15, 0.2) is 17.3 Å². The number of rotatable bonds is 2. The summed E-state index contributed by atoms with van der Waals surface area (Å²) < 4.78 is 0. The van der Waals surface area contributed by atoms with Crippen molar-refractivity contribution < 1.29 is 0 Å². The van der Waals surface area contributed by atoms with E-state index in [0.29, 0.717) is 10.0 Å². The van der Waals surface area contributed by atoms with Crippen molar-refractivity contribution in [1.82, 2.24) is 4.90 Å². The van der Waals surface area contributed by atoms with Gasteiger partial charge in [-0.2, -0.15) is 0 Å². The number of benzene rings is 1. The van der Waals surface area contributed by atoms with E-state index in [-0.39, 0.29) is 5.69 Å². The molecule has 2 rings (SSSR count). The molecule has 0 aliphatic carbocycles. The fraction of sp³-hybridized carbons (Fsp3) is 0.455. The Bertz CT molecular complexity index is 408. The zero-order valence-electron chi connectivity index (χ0n) is 9.49. The van der Waals surface area contributed by atoms with Gasteiger partial charge in [0.2, 0.25) is 0 Å². The summed E-state index contributed by atoms with van der Waals surface area (Å²) in [6, 6.07) is 3.10. The fourth-order valence-electron chi connectivity index (χ4n) is 1.94. The maximum absolute atomic E-state index is 10.5. The highest BCUT2D eigenvalue weighted by Crippen LogP contribution is 2.37. The molecule has 0 saturated carbocycles. The van der Waals surface area contributed by atoms with Crippen molar-refractivity contribution >= 4 is 34.6 Å². The Morgan fingerprint density at radius 2 is 1.65 bits per heavy atom. The minimum absolute atomic E-state index is 0.262. The lowest BCUT2D eigenvalue weighted by Gasteiger charge is -2.35. The third-order valence-electron chi connectivity index (χ3n) is 2.93. The number of piperazine rings is 1. The van der Waals surface area contributed by atoms with E-state index in [1.54, 1.807) is 12.1 Å². The Hall–Kier alpha value is -0.840. The molecule has 0 spiro atoms. The molecule has 1 aromatic rings. The molecular weight excluding hydrogens is 261 g/mol. The average molecular weight is 274 g/mol. The summed E-state index contributed by atoms with van der Waals surface area (Å²) in [4.78, 5) is 14.8. The Kier molecular flexibility index (Phi) is 3.86. The normalized spacial score (nSPS) is 17.2. The Morgan fingerprint density at radius 3 is 2.12 bits per heavy atom. The van der Waals surface area contributed by atoms with Gasteiger partial charge in [-0.15, -0.1) is 4.91 Å². The summed E-state index contributed by atoms with van der Waals surface area (Å²) in [5, 5.41) is 3.81. The standard InChI is InChI=1S/C11H13Cl2N3O/c1-15-2-4-16(5-3-15)11-9(12)6-8(14-17)7-10(11)13/h6-7H,2-5H2,1H3. The van der Waals surface area contributed by atoms with Crippen molar-refractivity contribution in [3.63, 3.8) is 0 Å². The molecule has 4 nitrogen and oxygen atoms in total. The molecule has 0 amide bonds. The van der Waals surface area contributed by atoms with E-state index < -0.39 is 0 Å². The van der Waals surface area contributed by atoms with Crippen LogP contribution in [0.1, 0.15) is 0 Å². The molecule has 0 radical (unpaired) electrons. The molecule has 17 heavy (non-hydrogen) atoms. The Labute approximate surface area is 110 Å². The van der Waals surface area contributed by atoms with Gasteiger partial charge in [0.1, 0.15) is 5.69 Å². The van der Waals surface area contributed by atoms with Crippen molar-refractivity contribution in [1.29, 1.82) is 0 Å². The molecule has 0 unspecified atom stereocenters. The van der Waals surface area contributed by atoms with Crippen LogP contribution in [0.25, 0.3) is 0 Å². The second kappa shape index (κ2) is 5.21. The van der Waals surface area contributed by atoms with Gasteiger partial charge in [0.15, 0.2) is 0 Å². The van der Waals surface area contributed by atoms with Crippen LogP contribution >= 0.6 is 23.2 Å². The fourth-order valence-corrected chi connectivity index (χ4v) is 2.65. The molecule has 6 heteroatoms. The highest BCUT2D eigenvalue weighted by Gasteiger charge is 2.19. The summed E-state index contributed by atoms with van der Waals surface area (Å²) in [6.07, 6.45) is 0. The molecule has 1 aliphatic heterocycles. The summed E-state index contributed by atoms with van der Waals surface area (Å²) in [5.41, 5.74) is 1.06. The van der Waals surface area contributed by atoms with Gasteiger partial charge in [-0.1, -0.05) is 23.2 Å². The molecule has 0 N–H and O–H groups in total. The highest BCUT2D eigenvalue weighted by atomic mass is 35.5. The molecular formula is C11H13Cl2N3O. The zero-order chi connectivity index (χ0) is 12.4. The topological polar surface area (TPSA) is 35.9 Å². The lowest BCUT2D eigenvalue weighted by atomic mass is 10.2. The van der Waals surface area contributed by atoms with Crippen LogP contribution in [0.3, 0.4) is 0 Å². The predicted molar refractivity (Wildman–Crippen MR) is 71.6 cm³/mol. The largest absolute Gasteiger partial charge is 0.367 e. The minimum Gasteiger partial charge on any atom is -0.367 e. The second-order valence-electron chi connectivity index (χ2n) is 4.14. The first-order chi connectivity index (χ1) is 8.11. The Morgan fingerprint density at radius 1 is 1.12 bits per heavy atom. The number of anilines is 1. The molecule has 1 saturated heterocycles. The molecule has 92 valence electrons. The number of halogens is 2. The van der Waals surface area contributed by atoms with Crippen molar-refractivity contribution in [2.75, 3.05) is 38.1 Å². The average Bonchev–Trinajstić information content (AvgIpc) is 2.30. The van der Waals surface area contributed by atoms with Crippen LogP contribution in [0, 0.1) is 4.91 Å². The van der Waals surface area contributed by atoms with Crippen LogP contribution in [0.5, 0.6) is 0 Å². The molecule has 1 aromatic carbocycles. The quantitative estimate of drug-likeness (QED) is 0.777. The molecule has 1 fully saturated rings. The van der Waals surface area contributed by atoms with Gasteiger partial charge < -0.3 is 9.80 Å². The lowest BCUT2D eigenvalue weighted by molar-refractivity contribution is 0.313. The molecule has 1 aliphatic rings. The van der Waals surface area contributed by atoms with Crippen molar-refractivity contribution in [2.24, 2.45) is 5.18 Å². The molecule has 0 bridgehead atoms. The van der Waals surface area contributed by atoms with Gasteiger partial charge in [-0.05, 0) is 24.4 Å². The monoisotopic (exact) mass is 273 g/mol. The summed E-state index contributed by atoms with van der Waals surface area (Å²) in [5.74, 6) is 0. The van der Waals surface area contributed by atoms with Crippen molar-refractivity contribution in [3.8, 4) is 0 Å². The van der Waals surface area contributed by atoms with Gasteiger partial charge in [0.05, 0.1) is 15.7 Å². The summed E-state index contributed by atoms with van der Waals surface area (Å²) in [7, 11) is 2.08. The molecule has 1 heterocycles. The second-order valence-corrected chi connectivity index (χ2v) is 4.95. The highest BCUT2D eigenvalue weighted by molar-refractivity contribution is 6.39. The lowest BCUT2D eigenvalue weighted by Crippen LogP contribution is -2.44. The minimum atomic E-state index is 0.262.